The van der Waals surface area contributed by atoms with Gasteiger partial charge in [-0.1, -0.05) is 0 Å². The van der Waals surface area contributed by atoms with E-state index in [0.29, 0.717) is 6.04 Å². The van der Waals surface area contributed by atoms with E-state index in [-0.39, 0.29) is 6.03 Å². The molecule has 1 unspecified atom stereocenters. The molecule has 2 heterocycles. The predicted octanol–water partition coefficient (Wildman–Crippen LogP) is 0.496. The van der Waals surface area contributed by atoms with Gasteiger partial charge in [-0.05, 0) is 26.3 Å². The van der Waals surface area contributed by atoms with Crippen molar-refractivity contribution in [1.29, 1.82) is 0 Å². The van der Waals surface area contributed by atoms with E-state index in [2.05, 4.69) is 5.32 Å². The highest BCUT2D eigenvalue weighted by Gasteiger charge is 2.29. The third-order valence-corrected chi connectivity index (χ3v) is 3.17. The molecule has 0 spiro atoms. The van der Waals surface area contributed by atoms with Crippen molar-refractivity contribution in [3.63, 3.8) is 0 Å². The number of rotatable bonds is 3. The van der Waals surface area contributed by atoms with Crippen LogP contribution in [0.4, 0.5) is 4.79 Å². The summed E-state index contributed by atoms with van der Waals surface area (Å²) in [6.45, 7) is 6.70. The number of urea groups is 1. The van der Waals surface area contributed by atoms with Crippen LogP contribution in [0.5, 0.6) is 0 Å². The van der Waals surface area contributed by atoms with Crippen LogP contribution in [-0.2, 0) is 0 Å². The molecule has 4 heteroatoms. The van der Waals surface area contributed by atoms with Crippen molar-refractivity contribution in [2.24, 2.45) is 0 Å². The van der Waals surface area contributed by atoms with Crippen LogP contribution in [0.15, 0.2) is 0 Å². The van der Waals surface area contributed by atoms with E-state index in [1.807, 2.05) is 16.7 Å². The summed E-state index contributed by atoms with van der Waals surface area (Å²) in [5.41, 5.74) is 0. The maximum Gasteiger partial charge on any atom is 0.320 e. The van der Waals surface area contributed by atoms with Gasteiger partial charge in [0.2, 0.25) is 0 Å². The summed E-state index contributed by atoms with van der Waals surface area (Å²) in [4.78, 5) is 15.6. The topological polar surface area (TPSA) is 35.6 Å². The molecule has 0 saturated carbocycles. The quantitative estimate of drug-likeness (QED) is 0.715. The minimum atomic E-state index is 0.223. The van der Waals surface area contributed by atoms with Gasteiger partial charge in [-0.25, -0.2) is 4.79 Å². The number of amides is 2. The summed E-state index contributed by atoms with van der Waals surface area (Å²) >= 11 is 0. The van der Waals surface area contributed by atoms with Gasteiger partial charge in [-0.3, -0.25) is 0 Å². The lowest BCUT2D eigenvalue weighted by atomic mass is 10.2. The van der Waals surface area contributed by atoms with Gasteiger partial charge in [-0.2, -0.15) is 0 Å². The van der Waals surface area contributed by atoms with Crippen molar-refractivity contribution < 1.29 is 4.79 Å². The van der Waals surface area contributed by atoms with Crippen LogP contribution in [0.1, 0.15) is 19.8 Å². The highest BCUT2D eigenvalue weighted by Crippen LogP contribution is 2.12. The Hall–Kier alpha value is -0.770. The average Bonchev–Trinajstić information content (AvgIpc) is 2.79. The second-order valence-electron chi connectivity index (χ2n) is 4.10. The van der Waals surface area contributed by atoms with Crippen LogP contribution in [0.25, 0.3) is 0 Å². The molecule has 2 saturated heterocycles. The van der Waals surface area contributed by atoms with Crippen LogP contribution in [0, 0.1) is 0 Å². The van der Waals surface area contributed by atoms with Crippen molar-refractivity contribution in [1.82, 2.24) is 15.1 Å². The molecule has 14 heavy (non-hydrogen) atoms. The lowest BCUT2D eigenvalue weighted by Crippen LogP contribution is -2.40. The number of nitrogens with zero attached hydrogens (tertiary/aromatic N) is 2. The highest BCUT2D eigenvalue weighted by molar-refractivity contribution is 5.76. The van der Waals surface area contributed by atoms with Crippen LogP contribution in [-0.4, -0.2) is 54.6 Å². The van der Waals surface area contributed by atoms with Crippen molar-refractivity contribution in [3.8, 4) is 0 Å². The molecule has 0 aromatic rings. The molecule has 2 amide bonds. The zero-order valence-electron chi connectivity index (χ0n) is 8.83. The van der Waals surface area contributed by atoms with Crippen molar-refractivity contribution >= 4 is 6.03 Å². The molecule has 80 valence electrons. The largest absolute Gasteiger partial charge is 0.323 e. The first-order valence-corrected chi connectivity index (χ1v) is 5.58. The van der Waals surface area contributed by atoms with Gasteiger partial charge in [0.25, 0.3) is 0 Å². The second kappa shape index (κ2) is 4.17. The summed E-state index contributed by atoms with van der Waals surface area (Å²) in [5, 5.41) is 3.42. The fourth-order valence-corrected chi connectivity index (χ4v) is 2.27. The molecule has 0 bridgehead atoms. The summed E-state index contributed by atoms with van der Waals surface area (Å²) in [7, 11) is 0. The van der Waals surface area contributed by atoms with E-state index in [1.54, 1.807) is 0 Å². The first-order valence-electron chi connectivity index (χ1n) is 5.58. The van der Waals surface area contributed by atoms with Crippen molar-refractivity contribution in [2.75, 3.05) is 32.7 Å². The summed E-state index contributed by atoms with van der Waals surface area (Å²) in [6, 6.07) is 0.761. The number of hydrogen-bond acceptors (Lipinski definition) is 2. The zero-order valence-corrected chi connectivity index (χ0v) is 8.83. The van der Waals surface area contributed by atoms with Gasteiger partial charge in [0.1, 0.15) is 0 Å². The van der Waals surface area contributed by atoms with Crippen LogP contribution in [0.2, 0.25) is 0 Å². The summed E-state index contributed by atoms with van der Waals surface area (Å²) in [6.07, 6.45) is 2.47. The van der Waals surface area contributed by atoms with Gasteiger partial charge < -0.3 is 15.1 Å². The standard InChI is InChI=1S/C10H19N3O/c1-2-12-6-7-13(10(12)14)8-9-4-3-5-11-9/h9,11H,2-8H2,1H3. The molecule has 0 aromatic heterocycles. The molecular formula is C10H19N3O. The molecule has 1 atom stereocenters. The Morgan fingerprint density at radius 2 is 2.21 bits per heavy atom. The average molecular weight is 197 g/mol. The zero-order chi connectivity index (χ0) is 9.97. The second-order valence-corrected chi connectivity index (χ2v) is 4.10. The van der Waals surface area contributed by atoms with E-state index in [9.17, 15) is 4.79 Å². The van der Waals surface area contributed by atoms with Crippen LogP contribution < -0.4 is 5.32 Å². The molecule has 2 aliphatic rings. The van der Waals surface area contributed by atoms with Crippen molar-refractivity contribution in [3.05, 3.63) is 0 Å². The Kier molecular flexibility index (Phi) is 2.91. The third-order valence-electron chi connectivity index (χ3n) is 3.17. The van der Waals surface area contributed by atoms with E-state index in [1.165, 1.54) is 12.8 Å². The fraction of sp³-hybridized carbons (Fsp3) is 0.900. The van der Waals surface area contributed by atoms with E-state index >= 15 is 0 Å². The first-order chi connectivity index (χ1) is 6.81. The van der Waals surface area contributed by atoms with Gasteiger partial charge in [-0.15, -0.1) is 0 Å². The number of nitrogens with one attached hydrogen (secondary N) is 1. The predicted molar refractivity (Wildman–Crippen MR) is 55.2 cm³/mol. The molecular weight excluding hydrogens is 178 g/mol. The van der Waals surface area contributed by atoms with Crippen LogP contribution >= 0.6 is 0 Å². The van der Waals surface area contributed by atoms with E-state index in [4.69, 9.17) is 0 Å². The Morgan fingerprint density at radius 1 is 1.43 bits per heavy atom. The SMILES string of the molecule is CCN1CCN(CC2CCCN2)C1=O. The lowest BCUT2D eigenvalue weighted by Gasteiger charge is -2.20. The molecule has 0 aliphatic carbocycles. The van der Waals surface area contributed by atoms with E-state index < -0.39 is 0 Å². The van der Waals surface area contributed by atoms with Crippen molar-refractivity contribution in [2.45, 2.75) is 25.8 Å². The lowest BCUT2D eigenvalue weighted by molar-refractivity contribution is 0.190. The molecule has 4 nitrogen and oxygen atoms in total. The molecule has 0 aromatic carbocycles. The molecule has 2 fully saturated rings. The third kappa shape index (κ3) is 1.85. The fourth-order valence-electron chi connectivity index (χ4n) is 2.27. The number of likely N-dealkylation sites (N-methyl/N-ethyl adjacent to an activating group) is 1. The first kappa shape index (κ1) is 9.77. The molecule has 0 radical (unpaired) electrons. The maximum absolute atomic E-state index is 11.7. The smallest absolute Gasteiger partial charge is 0.320 e. The Morgan fingerprint density at radius 3 is 2.79 bits per heavy atom. The number of hydrogen-bond donors (Lipinski definition) is 1. The Labute approximate surface area is 85.2 Å². The van der Waals surface area contributed by atoms with Gasteiger partial charge in [0.15, 0.2) is 0 Å². The highest BCUT2D eigenvalue weighted by atomic mass is 16.2. The maximum atomic E-state index is 11.7. The van der Waals surface area contributed by atoms with E-state index in [0.717, 1.165) is 32.7 Å². The molecule has 2 aliphatic heterocycles. The summed E-state index contributed by atoms with van der Waals surface area (Å²) < 4.78 is 0. The van der Waals surface area contributed by atoms with Gasteiger partial charge >= 0.3 is 6.03 Å². The normalized spacial score (nSPS) is 27.8. The van der Waals surface area contributed by atoms with Gasteiger partial charge in [0, 0.05) is 32.2 Å². The number of carbonyl (C=O) groups is 1. The minimum absolute atomic E-state index is 0.223. The Bertz CT molecular complexity index is 213. The van der Waals surface area contributed by atoms with Gasteiger partial charge in [0.05, 0.1) is 0 Å². The molecule has 2 rings (SSSR count). The minimum Gasteiger partial charge on any atom is -0.323 e. The molecule has 1 N–H and O–H groups in total. The monoisotopic (exact) mass is 197 g/mol. The van der Waals surface area contributed by atoms with Crippen LogP contribution in [0.3, 0.4) is 0 Å². The number of carbonyl (C=O) groups excluding carboxylic acids is 1. The summed E-state index contributed by atoms with van der Waals surface area (Å²) in [5.74, 6) is 0. The Balaban J connectivity index is 1.84.